The number of hydrogen-bond acceptors (Lipinski definition) is 8. The quantitative estimate of drug-likeness (QED) is 0.742. The predicted octanol–water partition coefficient (Wildman–Crippen LogP) is 1.79. The second-order valence-electron chi connectivity index (χ2n) is 6.65. The number of rotatable bonds is 5. The lowest BCUT2D eigenvalue weighted by molar-refractivity contribution is -0.144. The normalized spacial score (nSPS) is 22.5. The van der Waals surface area contributed by atoms with Crippen LogP contribution in [0.4, 0.5) is 0 Å². The molecule has 0 aromatic carbocycles. The first-order valence-electron chi connectivity index (χ1n) is 8.96. The molecule has 2 aliphatic heterocycles. The summed E-state index contributed by atoms with van der Waals surface area (Å²) in [7, 11) is 0. The smallest absolute Gasteiger partial charge is 0.251 e. The highest BCUT2D eigenvalue weighted by atomic mass is 35.5. The van der Waals surface area contributed by atoms with E-state index in [1.807, 2.05) is 22.4 Å². The first kappa shape index (κ1) is 23.1. The van der Waals surface area contributed by atoms with Crippen molar-refractivity contribution in [1.29, 1.82) is 0 Å². The van der Waals surface area contributed by atoms with Gasteiger partial charge in [-0.3, -0.25) is 9.69 Å². The van der Waals surface area contributed by atoms with E-state index in [4.69, 9.17) is 15.0 Å². The van der Waals surface area contributed by atoms with E-state index >= 15 is 0 Å². The number of halogens is 2. The second-order valence-corrected chi connectivity index (χ2v) is 7.60. The Kier molecular flexibility index (Phi) is 8.66. The number of carbonyl (C=O) groups excluding carboxylic acids is 1. The molecule has 156 valence electrons. The Bertz CT molecular complexity index is 737. The third kappa shape index (κ3) is 5.22. The molecule has 0 spiro atoms. The highest BCUT2D eigenvalue weighted by Crippen LogP contribution is 2.23. The van der Waals surface area contributed by atoms with Crippen molar-refractivity contribution in [1.82, 2.24) is 19.9 Å². The molecule has 2 aromatic heterocycles. The van der Waals surface area contributed by atoms with Gasteiger partial charge in [0.15, 0.2) is 0 Å². The Morgan fingerprint density at radius 3 is 2.68 bits per heavy atom. The van der Waals surface area contributed by atoms with Crippen LogP contribution in [-0.2, 0) is 16.1 Å². The number of aromatic nitrogens is 2. The molecule has 0 unspecified atom stereocenters. The molecule has 2 atom stereocenters. The minimum Gasteiger partial charge on any atom is -0.364 e. The molecule has 2 aromatic rings. The molecule has 4 rings (SSSR count). The van der Waals surface area contributed by atoms with Crippen LogP contribution in [0, 0.1) is 0 Å². The van der Waals surface area contributed by atoms with Crippen LogP contribution in [0.15, 0.2) is 22.0 Å². The maximum Gasteiger partial charge on any atom is 0.251 e. The van der Waals surface area contributed by atoms with E-state index in [-0.39, 0.29) is 42.9 Å². The van der Waals surface area contributed by atoms with Gasteiger partial charge in [-0.1, -0.05) is 11.2 Å². The summed E-state index contributed by atoms with van der Waals surface area (Å²) in [4.78, 5) is 22.1. The van der Waals surface area contributed by atoms with E-state index in [1.165, 1.54) is 0 Å². The summed E-state index contributed by atoms with van der Waals surface area (Å²) < 4.78 is 11.1. The van der Waals surface area contributed by atoms with E-state index in [2.05, 4.69) is 15.0 Å². The van der Waals surface area contributed by atoms with Gasteiger partial charge in [0.05, 0.1) is 17.5 Å². The summed E-state index contributed by atoms with van der Waals surface area (Å²) in [5.41, 5.74) is 5.62. The predicted molar refractivity (Wildman–Crippen MR) is 111 cm³/mol. The zero-order chi connectivity index (χ0) is 17.9. The van der Waals surface area contributed by atoms with Gasteiger partial charge in [-0.2, -0.15) is 4.98 Å². The van der Waals surface area contributed by atoms with E-state index in [1.54, 1.807) is 11.3 Å². The summed E-state index contributed by atoms with van der Waals surface area (Å²) in [5.74, 6) is 1.34. The molecule has 0 bridgehead atoms. The van der Waals surface area contributed by atoms with Crippen molar-refractivity contribution in [3.63, 3.8) is 0 Å². The Morgan fingerprint density at radius 1 is 1.25 bits per heavy atom. The largest absolute Gasteiger partial charge is 0.364 e. The molecule has 2 aliphatic rings. The Balaban J connectivity index is 0.00000140. The number of nitrogens with two attached hydrogens (primary N) is 1. The lowest BCUT2D eigenvalue weighted by Crippen LogP contribution is -2.51. The minimum atomic E-state index is -0.320. The first-order chi connectivity index (χ1) is 12.7. The monoisotopic (exact) mass is 449 g/mol. The van der Waals surface area contributed by atoms with Crippen molar-refractivity contribution < 1.29 is 14.1 Å². The molecule has 11 heteroatoms. The molecule has 0 aliphatic carbocycles. The minimum absolute atomic E-state index is 0. The average molecular weight is 450 g/mol. The summed E-state index contributed by atoms with van der Waals surface area (Å²) >= 11 is 1.59. The van der Waals surface area contributed by atoms with E-state index in [0.717, 1.165) is 30.8 Å². The Hall–Kier alpha value is -1.23. The van der Waals surface area contributed by atoms with Gasteiger partial charge < -0.3 is 19.9 Å². The number of nitrogens with zero attached hydrogens (tertiary/aromatic N) is 4. The molecule has 28 heavy (non-hydrogen) atoms. The topological polar surface area (TPSA) is 97.7 Å². The van der Waals surface area contributed by atoms with Crippen molar-refractivity contribution in [2.45, 2.75) is 31.6 Å². The molecular weight excluding hydrogens is 425 g/mol. The number of amides is 1. The standard InChI is InChI=1S/C17H23N5O3S.2ClH/c18-10-12-3-4-13(24-12)17(23)22-7-5-21(6-8-22)11-15-19-16(20-25-15)14-2-1-9-26-14;;/h1-2,9,12-13H,3-8,10-11,18H2;2*1H/t12-,13+;;/m1../s1. The van der Waals surface area contributed by atoms with Gasteiger partial charge in [0.2, 0.25) is 11.7 Å². The van der Waals surface area contributed by atoms with Crippen molar-refractivity contribution in [3.8, 4) is 10.7 Å². The molecule has 0 radical (unpaired) electrons. The third-order valence-electron chi connectivity index (χ3n) is 4.90. The highest BCUT2D eigenvalue weighted by Gasteiger charge is 2.34. The van der Waals surface area contributed by atoms with Crippen LogP contribution in [-0.4, -0.2) is 70.8 Å². The average Bonchev–Trinajstić information content (AvgIpc) is 3.42. The molecule has 8 nitrogen and oxygen atoms in total. The maximum absolute atomic E-state index is 12.6. The molecule has 2 fully saturated rings. The lowest BCUT2D eigenvalue weighted by Gasteiger charge is -2.35. The fraction of sp³-hybridized carbons (Fsp3) is 0.588. The van der Waals surface area contributed by atoms with Crippen molar-refractivity contribution >= 4 is 42.1 Å². The van der Waals surface area contributed by atoms with Crippen molar-refractivity contribution in [3.05, 3.63) is 23.4 Å². The highest BCUT2D eigenvalue weighted by molar-refractivity contribution is 7.13. The summed E-state index contributed by atoms with van der Waals surface area (Å²) in [6, 6.07) is 3.94. The second kappa shape index (κ2) is 10.5. The van der Waals surface area contributed by atoms with Crippen LogP contribution in [0.2, 0.25) is 0 Å². The van der Waals surface area contributed by atoms with E-state index < -0.39 is 0 Å². The van der Waals surface area contributed by atoms with Gasteiger partial charge in [0, 0.05) is 32.7 Å². The summed E-state index contributed by atoms with van der Waals surface area (Å²) in [6.45, 7) is 4.05. The number of hydrogen-bond donors (Lipinski definition) is 1. The third-order valence-corrected chi connectivity index (χ3v) is 5.76. The van der Waals surface area contributed by atoms with Crippen LogP contribution in [0.1, 0.15) is 18.7 Å². The van der Waals surface area contributed by atoms with Gasteiger partial charge in [-0.25, -0.2) is 0 Å². The van der Waals surface area contributed by atoms with E-state index in [9.17, 15) is 4.79 Å². The van der Waals surface area contributed by atoms with E-state index in [0.29, 0.717) is 37.9 Å². The van der Waals surface area contributed by atoms with Gasteiger partial charge in [-0.05, 0) is 24.3 Å². The molecule has 1 amide bonds. The molecular formula is C17H25Cl2N5O3S. The van der Waals surface area contributed by atoms with Crippen LogP contribution >= 0.6 is 36.2 Å². The Labute approximate surface area is 180 Å². The molecule has 2 N–H and O–H groups in total. The fourth-order valence-corrected chi connectivity index (χ4v) is 4.06. The van der Waals surface area contributed by atoms with Crippen LogP contribution in [0.3, 0.4) is 0 Å². The summed E-state index contributed by atoms with van der Waals surface area (Å²) in [5, 5.41) is 6.03. The SMILES string of the molecule is Cl.Cl.NC[C@H]1CC[C@@H](C(=O)N2CCN(Cc3nc(-c4cccs4)no3)CC2)O1. The van der Waals surface area contributed by atoms with Crippen LogP contribution in [0.25, 0.3) is 10.7 Å². The summed E-state index contributed by atoms with van der Waals surface area (Å²) in [6.07, 6.45) is 1.35. The molecule has 4 heterocycles. The number of ether oxygens (including phenoxy) is 1. The number of piperazine rings is 1. The van der Waals surface area contributed by atoms with Gasteiger partial charge >= 0.3 is 0 Å². The van der Waals surface area contributed by atoms with Gasteiger partial charge in [0.25, 0.3) is 5.91 Å². The fourth-order valence-electron chi connectivity index (χ4n) is 3.41. The zero-order valence-electron chi connectivity index (χ0n) is 15.4. The number of carbonyl (C=O) groups is 1. The van der Waals surface area contributed by atoms with Crippen molar-refractivity contribution in [2.24, 2.45) is 5.73 Å². The van der Waals surface area contributed by atoms with Gasteiger partial charge in [0.1, 0.15) is 6.10 Å². The maximum atomic E-state index is 12.6. The van der Waals surface area contributed by atoms with Crippen LogP contribution in [0.5, 0.6) is 0 Å². The number of thiophene rings is 1. The van der Waals surface area contributed by atoms with Crippen molar-refractivity contribution in [2.75, 3.05) is 32.7 Å². The Morgan fingerprint density at radius 2 is 2.04 bits per heavy atom. The zero-order valence-corrected chi connectivity index (χ0v) is 17.8. The lowest BCUT2D eigenvalue weighted by atomic mass is 10.1. The molecule has 0 saturated carbocycles. The first-order valence-corrected chi connectivity index (χ1v) is 9.84. The van der Waals surface area contributed by atoms with Gasteiger partial charge in [-0.15, -0.1) is 36.2 Å². The van der Waals surface area contributed by atoms with Crippen LogP contribution < -0.4 is 5.73 Å². The molecule has 2 saturated heterocycles.